The molecule has 22 heavy (non-hydrogen) atoms. The van der Waals surface area contributed by atoms with Gasteiger partial charge < -0.3 is 9.84 Å². The van der Waals surface area contributed by atoms with Gasteiger partial charge in [-0.05, 0) is 23.8 Å². The Labute approximate surface area is 143 Å². The van der Waals surface area contributed by atoms with Gasteiger partial charge in [-0.2, -0.15) is 0 Å². The number of hydrogen-bond acceptors (Lipinski definition) is 4. The quantitative estimate of drug-likeness (QED) is 0.631. The number of carbonyl (C=O) groups is 2. The number of alkyl halides is 2. The van der Waals surface area contributed by atoms with Crippen molar-refractivity contribution in [3.63, 3.8) is 0 Å². The number of carbonyl (C=O) groups excluding carboxylic acids is 2. The predicted octanol–water partition coefficient (Wildman–Crippen LogP) is 3.96. The largest absolute Gasteiger partial charge is 0.507 e. The monoisotopic (exact) mass is 424 g/mol. The molecule has 0 saturated heterocycles. The molecule has 0 saturated carbocycles. The third-order valence-corrected chi connectivity index (χ3v) is 4.64. The van der Waals surface area contributed by atoms with E-state index in [1.807, 2.05) is 0 Å². The van der Waals surface area contributed by atoms with Crippen LogP contribution in [-0.4, -0.2) is 23.8 Å². The van der Waals surface area contributed by atoms with Crippen molar-refractivity contribution < 1.29 is 19.4 Å². The fourth-order valence-electron chi connectivity index (χ4n) is 2.59. The van der Waals surface area contributed by atoms with E-state index in [1.54, 1.807) is 24.3 Å². The van der Waals surface area contributed by atoms with Crippen LogP contribution >= 0.6 is 31.9 Å². The summed E-state index contributed by atoms with van der Waals surface area (Å²) in [5, 5.41) is 10.2. The average Bonchev–Trinajstić information content (AvgIpc) is 2.50. The van der Waals surface area contributed by atoms with Crippen molar-refractivity contribution in [3.05, 3.63) is 58.1 Å². The van der Waals surface area contributed by atoms with Gasteiger partial charge in [-0.15, -0.1) is 0 Å². The molecule has 2 aromatic carbocycles. The summed E-state index contributed by atoms with van der Waals surface area (Å²) >= 11 is 6.65. The number of aromatic hydroxyl groups is 1. The Morgan fingerprint density at radius 1 is 1.05 bits per heavy atom. The minimum atomic E-state index is -0.381. The van der Waals surface area contributed by atoms with Crippen LogP contribution in [0.3, 0.4) is 0 Å². The third kappa shape index (κ3) is 2.18. The zero-order valence-corrected chi connectivity index (χ0v) is 14.6. The first-order valence-corrected chi connectivity index (χ1v) is 8.20. The van der Waals surface area contributed by atoms with Gasteiger partial charge in [0.05, 0.1) is 22.0 Å². The van der Waals surface area contributed by atoms with Crippen LogP contribution in [0.4, 0.5) is 0 Å². The molecule has 4 nitrogen and oxygen atoms in total. The predicted molar refractivity (Wildman–Crippen MR) is 88.6 cm³/mol. The number of methoxy groups -OCH3 is 1. The Balaban J connectivity index is 2.32. The number of fused-ring (bicyclic) bond motifs is 2. The molecular weight excluding hydrogens is 416 g/mol. The maximum atomic E-state index is 12.8. The fraction of sp³-hybridized carbons (Fsp3) is 0.125. The Hall–Kier alpha value is -1.66. The fourth-order valence-corrected chi connectivity index (χ4v) is 3.11. The standard InChI is InChI=1S/C16H10Br2O4/c1-22-11-4-2-3-8-13(11)15(21)9-5-7(16(17)18)6-10(19)12(9)14(8)20/h2-6,16,19H,1H3. The molecule has 0 unspecified atom stereocenters. The third-order valence-electron chi connectivity index (χ3n) is 3.58. The molecule has 0 amide bonds. The Kier molecular flexibility index (Phi) is 3.82. The van der Waals surface area contributed by atoms with Crippen LogP contribution in [0.25, 0.3) is 0 Å². The molecule has 0 atom stereocenters. The normalized spacial score (nSPS) is 13.1. The summed E-state index contributed by atoms with van der Waals surface area (Å²) in [6.07, 6.45) is 0. The zero-order valence-electron chi connectivity index (χ0n) is 11.4. The SMILES string of the molecule is COc1cccc2c1C(=O)c1cc(C(Br)Br)cc(O)c1C2=O. The number of ether oxygens (including phenoxy) is 1. The van der Waals surface area contributed by atoms with E-state index in [1.165, 1.54) is 13.2 Å². The highest BCUT2D eigenvalue weighted by atomic mass is 79.9. The van der Waals surface area contributed by atoms with Gasteiger partial charge in [0.1, 0.15) is 11.5 Å². The van der Waals surface area contributed by atoms with Gasteiger partial charge in [0.25, 0.3) is 0 Å². The van der Waals surface area contributed by atoms with Gasteiger partial charge in [0.15, 0.2) is 11.6 Å². The maximum Gasteiger partial charge on any atom is 0.198 e. The van der Waals surface area contributed by atoms with Gasteiger partial charge in [-0.1, -0.05) is 44.0 Å². The van der Waals surface area contributed by atoms with Crippen molar-refractivity contribution in [1.29, 1.82) is 0 Å². The molecule has 6 heteroatoms. The second-order valence-electron chi connectivity index (χ2n) is 4.80. The van der Waals surface area contributed by atoms with Gasteiger partial charge in [0.2, 0.25) is 0 Å². The molecule has 2 aromatic rings. The topological polar surface area (TPSA) is 63.6 Å². The van der Waals surface area contributed by atoms with Crippen molar-refractivity contribution in [1.82, 2.24) is 0 Å². The summed E-state index contributed by atoms with van der Waals surface area (Å²) in [5.41, 5.74) is 1.35. The lowest BCUT2D eigenvalue weighted by Crippen LogP contribution is -2.22. The van der Waals surface area contributed by atoms with Crippen molar-refractivity contribution in [2.75, 3.05) is 7.11 Å². The molecule has 0 bridgehead atoms. The van der Waals surface area contributed by atoms with Crippen molar-refractivity contribution in [2.24, 2.45) is 0 Å². The van der Waals surface area contributed by atoms with E-state index < -0.39 is 0 Å². The van der Waals surface area contributed by atoms with E-state index >= 15 is 0 Å². The Bertz CT molecular complexity index is 812. The number of phenols is 1. The first-order valence-electron chi connectivity index (χ1n) is 6.37. The summed E-state index contributed by atoms with van der Waals surface area (Å²) in [4.78, 5) is 25.4. The van der Waals surface area contributed by atoms with E-state index in [-0.39, 0.29) is 43.3 Å². The second-order valence-corrected chi connectivity index (χ2v) is 7.86. The number of rotatable bonds is 2. The van der Waals surface area contributed by atoms with E-state index in [9.17, 15) is 14.7 Å². The summed E-state index contributed by atoms with van der Waals surface area (Å²) in [6, 6.07) is 7.90. The van der Waals surface area contributed by atoms with Gasteiger partial charge >= 0.3 is 0 Å². The highest BCUT2D eigenvalue weighted by Gasteiger charge is 2.34. The molecule has 0 aromatic heterocycles. The molecule has 0 aliphatic heterocycles. The second kappa shape index (κ2) is 5.52. The maximum absolute atomic E-state index is 12.8. The number of halogens is 2. The Morgan fingerprint density at radius 2 is 1.73 bits per heavy atom. The lowest BCUT2D eigenvalue weighted by atomic mass is 9.82. The van der Waals surface area contributed by atoms with Crippen LogP contribution < -0.4 is 4.74 Å². The first kappa shape index (κ1) is 15.2. The van der Waals surface area contributed by atoms with Crippen LogP contribution in [0.15, 0.2) is 30.3 Å². The molecule has 0 radical (unpaired) electrons. The van der Waals surface area contributed by atoms with E-state index in [0.717, 1.165) is 0 Å². The lowest BCUT2D eigenvalue weighted by molar-refractivity contribution is 0.0974. The lowest BCUT2D eigenvalue weighted by Gasteiger charge is -2.21. The van der Waals surface area contributed by atoms with Crippen LogP contribution in [-0.2, 0) is 0 Å². The molecule has 1 aliphatic rings. The summed E-state index contributed by atoms with van der Waals surface area (Å²) in [5.74, 6) is -0.572. The van der Waals surface area contributed by atoms with Crippen LogP contribution in [0, 0.1) is 0 Å². The summed E-state index contributed by atoms with van der Waals surface area (Å²) in [6.45, 7) is 0. The van der Waals surface area contributed by atoms with Crippen LogP contribution in [0.2, 0.25) is 0 Å². The van der Waals surface area contributed by atoms with Crippen molar-refractivity contribution in [3.8, 4) is 11.5 Å². The Morgan fingerprint density at radius 3 is 2.36 bits per heavy atom. The molecule has 1 aliphatic carbocycles. The summed E-state index contributed by atoms with van der Waals surface area (Å²) < 4.78 is 4.96. The van der Waals surface area contributed by atoms with Gasteiger partial charge in [-0.25, -0.2) is 0 Å². The smallest absolute Gasteiger partial charge is 0.198 e. The minimum absolute atomic E-state index is 0.0372. The van der Waals surface area contributed by atoms with Gasteiger partial charge in [-0.3, -0.25) is 9.59 Å². The van der Waals surface area contributed by atoms with Crippen LogP contribution in [0.5, 0.6) is 11.5 Å². The first-order chi connectivity index (χ1) is 10.5. The molecule has 0 fully saturated rings. The molecule has 0 spiro atoms. The molecule has 1 N–H and O–H groups in total. The number of hydrogen-bond donors (Lipinski definition) is 1. The van der Waals surface area contributed by atoms with E-state index in [2.05, 4.69) is 31.9 Å². The number of benzene rings is 2. The number of ketones is 2. The molecular formula is C16H10Br2O4. The van der Waals surface area contributed by atoms with Gasteiger partial charge in [0, 0.05) is 11.1 Å². The van der Waals surface area contributed by atoms with Crippen LogP contribution in [0.1, 0.15) is 41.1 Å². The average molecular weight is 426 g/mol. The van der Waals surface area contributed by atoms with E-state index in [0.29, 0.717) is 11.3 Å². The van der Waals surface area contributed by atoms with Crippen molar-refractivity contribution >= 4 is 43.4 Å². The van der Waals surface area contributed by atoms with E-state index in [4.69, 9.17) is 4.74 Å². The highest BCUT2D eigenvalue weighted by Crippen LogP contribution is 2.40. The minimum Gasteiger partial charge on any atom is -0.507 e. The highest BCUT2D eigenvalue weighted by molar-refractivity contribution is 9.24. The molecule has 3 rings (SSSR count). The number of phenolic OH excluding ortho intramolecular Hbond substituents is 1. The summed E-state index contributed by atoms with van der Waals surface area (Å²) in [7, 11) is 1.45. The van der Waals surface area contributed by atoms with Crippen molar-refractivity contribution in [2.45, 2.75) is 3.74 Å². The molecule has 112 valence electrons. The molecule has 0 heterocycles. The zero-order chi connectivity index (χ0) is 16.0.